The molecule has 29 heavy (non-hydrogen) atoms. The third kappa shape index (κ3) is 4.92. The predicted molar refractivity (Wildman–Crippen MR) is 104 cm³/mol. The zero-order valence-electron chi connectivity index (χ0n) is 17.0. The van der Waals surface area contributed by atoms with Crippen LogP contribution >= 0.6 is 0 Å². The monoisotopic (exact) mass is 406 g/mol. The first-order valence-corrected chi connectivity index (χ1v) is 9.50. The maximum absolute atomic E-state index is 13.0. The first kappa shape index (κ1) is 22.4. The van der Waals surface area contributed by atoms with Crippen LogP contribution in [0.3, 0.4) is 0 Å². The number of ketones is 1. The van der Waals surface area contributed by atoms with Crippen LogP contribution in [-0.2, 0) is 16.0 Å². The number of quaternary nitrogens is 1. The van der Waals surface area contributed by atoms with E-state index in [-0.39, 0.29) is 25.6 Å². The highest BCUT2D eigenvalue weighted by Gasteiger charge is 2.54. The fourth-order valence-electron chi connectivity index (χ4n) is 3.74. The normalized spacial score (nSPS) is 21.8. The number of likely N-dealkylation sites (tertiary alicyclic amines) is 1. The summed E-state index contributed by atoms with van der Waals surface area (Å²) in [5.74, 6) is -0.412. The molecule has 1 aliphatic rings. The van der Waals surface area contributed by atoms with Crippen LogP contribution in [0.1, 0.15) is 25.3 Å². The molecule has 9 nitrogen and oxygen atoms in total. The highest BCUT2D eigenvalue weighted by atomic mass is 16.5. The van der Waals surface area contributed by atoms with Gasteiger partial charge in [0.25, 0.3) is 0 Å². The molecule has 158 valence electrons. The molecule has 1 heterocycles. The van der Waals surface area contributed by atoms with Crippen molar-refractivity contribution >= 4 is 24.0 Å². The van der Waals surface area contributed by atoms with Crippen LogP contribution < -0.4 is 5.32 Å². The number of benzene rings is 1. The molecule has 1 aromatic carbocycles. The van der Waals surface area contributed by atoms with Gasteiger partial charge in [-0.2, -0.15) is 4.79 Å². The summed E-state index contributed by atoms with van der Waals surface area (Å²) in [4.78, 5) is 50.5. The Balaban J connectivity index is 2.15. The molecule has 0 radical (unpaired) electrons. The molecule has 0 saturated carbocycles. The summed E-state index contributed by atoms with van der Waals surface area (Å²) >= 11 is 0. The Bertz CT molecular complexity index is 769. The summed E-state index contributed by atoms with van der Waals surface area (Å²) in [6, 6.07) is 7.22. The number of carbonyl (C=O) groups excluding carboxylic acids is 3. The summed E-state index contributed by atoms with van der Waals surface area (Å²) in [6.07, 6.45) is -0.489. The van der Waals surface area contributed by atoms with Crippen LogP contribution in [-0.4, -0.2) is 77.8 Å². The van der Waals surface area contributed by atoms with Crippen molar-refractivity contribution in [3.63, 3.8) is 0 Å². The van der Waals surface area contributed by atoms with E-state index in [0.717, 1.165) is 10.5 Å². The fourth-order valence-corrected chi connectivity index (χ4v) is 3.74. The van der Waals surface area contributed by atoms with E-state index in [9.17, 15) is 24.3 Å². The number of amides is 4. The fraction of sp³-hybridized carbons (Fsp3) is 0.500. The van der Waals surface area contributed by atoms with Gasteiger partial charge in [0.2, 0.25) is 0 Å². The number of carbonyl (C=O) groups is 4. The minimum atomic E-state index is -1.21. The number of methoxy groups -OCH3 is 1. The number of nitrogens with zero attached hydrogens (tertiary/aromatic N) is 2. The average molecular weight is 406 g/mol. The number of hydrogen-bond acceptors (Lipinski definition) is 5. The van der Waals surface area contributed by atoms with Gasteiger partial charge in [0.15, 0.2) is 5.78 Å². The van der Waals surface area contributed by atoms with Gasteiger partial charge in [-0.05, 0) is 18.9 Å². The zero-order chi connectivity index (χ0) is 21.6. The van der Waals surface area contributed by atoms with Crippen molar-refractivity contribution in [2.24, 2.45) is 0 Å². The van der Waals surface area contributed by atoms with Gasteiger partial charge in [0, 0.05) is 19.9 Å². The van der Waals surface area contributed by atoms with Crippen LogP contribution in [0.5, 0.6) is 0 Å². The molecule has 2 N–H and O–H groups in total. The Morgan fingerprint density at radius 2 is 1.93 bits per heavy atom. The molecular weight excluding hydrogens is 378 g/mol. The van der Waals surface area contributed by atoms with Gasteiger partial charge in [-0.15, -0.1) is 4.48 Å². The summed E-state index contributed by atoms with van der Waals surface area (Å²) in [5, 5.41) is 12.2. The average Bonchev–Trinajstić information content (AvgIpc) is 3.09. The van der Waals surface area contributed by atoms with Crippen LogP contribution in [0.25, 0.3) is 0 Å². The number of rotatable bonds is 6. The standard InChI is InChI=1S/C20H27N3O6/c1-14-8-7-11-23(14,20(27)28)19(26)22(2)13-17(24)16(21-18(25)29-3)12-15-9-5-4-6-10-15/h4-6,9-10,14,16H,7-8,11-13H2,1-3H3,(H-,21,25,27,28)/p+1/t14-,16+,23?/m1/s1. The van der Waals surface area contributed by atoms with E-state index in [4.69, 9.17) is 0 Å². The molecule has 0 aromatic heterocycles. The molecular formula is C20H28N3O6+. The highest BCUT2D eigenvalue weighted by Crippen LogP contribution is 2.29. The number of alkyl carbamates (subject to hydrolysis) is 1. The topological polar surface area (TPSA) is 113 Å². The Kier molecular flexibility index (Phi) is 7.33. The van der Waals surface area contributed by atoms with Crippen molar-refractivity contribution in [2.75, 3.05) is 27.2 Å². The molecule has 3 atom stereocenters. The van der Waals surface area contributed by atoms with Crippen LogP contribution in [0.15, 0.2) is 30.3 Å². The largest absolute Gasteiger partial charge is 0.523 e. The van der Waals surface area contributed by atoms with Crippen molar-refractivity contribution in [3.8, 4) is 0 Å². The molecule has 2 rings (SSSR count). The minimum absolute atomic E-state index is 0.196. The first-order valence-electron chi connectivity index (χ1n) is 9.50. The van der Waals surface area contributed by atoms with Gasteiger partial charge < -0.3 is 15.2 Å². The second-order valence-electron chi connectivity index (χ2n) is 7.35. The van der Waals surface area contributed by atoms with E-state index in [1.165, 1.54) is 14.2 Å². The Morgan fingerprint density at radius 1 is 1.28 bits per heavy atom. The van der Waals surface area contributed by atoms with Crippen molar-refractivity contribution in [2.45, 2.75) is 38.3 Å². The van der Waals surface area contributed by atoms with Crippen LogP contribution in [0.2, 0.25) is 0 Å². The Morgan fingerprint density at radius 3 is 2.45 bits per heavy atom. The summed E-state index contributed by atoms with van der Waals surface area (Å²) < 4.78 is 3.89. The van der Waals surface area contributed by atoms with E-state index in [2.05, 4.69) is 10.1 Å². The maximum atomic E-state index is 13.0. The van der Waals surface area contributed by atoms with Gasteiger partial charge in [0.1, 0.15) is 6.04 Å². The second-order valence-corrected chi connectivity index (χ2v) is 7.35. The number of imide groups is 1. The van der Waals surface area contributed by atoms with Crippen LogP contribution in [0, 0.1) is 0 Å². The van der Waals surface area contributed by atoms with Crippen molar-refractivity contribution < 1.29 is 33.5 Å². The van der Waals surface area contributed by atoms with E-state index < -0.39 is 34.5 Å². The first-order chi connectivity index (χ1) is 13.7. The third-order valence-corrected chi connectivity index (χ3v) is 5.44. The Hall–Kier alpha value is -2.94. The number of likely N-dealkylation sites (N-methyl/N-ethyl adjacent to an activating group) is 1. The molecule has 1 unspecified atom stereocenters. The number of ether oxygens (including phenoxy) is 1. The lowest BCUT2D eigenvalue weighted by Gasteiger charge is -2.33. The lowest BCUT2D eigenvalue weighted by Crippen LogP contribution is -2.63. The zero-order valence-corrected chi connectivity index (χ0v) is 17.0. The minimum Gasteiger partial charge on any atom is -0.453 e. The number of carboxylic acid groups (broad SMARTS) is 1. The van der Waals surface area contributed by atoms with E-state index >= 15 is 0 Å². The predicted octanol–water partition coefficient (Wildman–Crippen LogP) is 2.25. The molecule has 1 aromatic rings. The molecule has 1 saturated heterocycles. The smallest absolute Gasteiger partial charge is 0.453 e. The highest BCUT2D eigenvalue weighted by molar-refractivity contribution is 5.91. The molecule has 9 heteroatoms. The number of hydrogen-bond donors (Lipinski definition) is 2. The summed E-state index contributed by atoms with van der Waals surface area (Å²) in [5.41, 5.74) is 0.832. The van der Waals surface area contributed by atoms with E-state index in [1.54, 1.807) is 6.92 Å². The van der Waals surface area contributed by atoms with E-state index in [0.29, 0.717) is 12.8 Å². The number of nitrogens with one attached hydrogen (secondary N) is 1. The second kappa shape index (κ2) is 9.51. The van der Waals surface area contributed by atoms with Crippen LogP contribution in [0.4, 0.5) is 14.4 Å². The number of Topliss-reactive ketones (excluding diaryl/α,β-unsaturated/α-hetero) is 1. The molecule has 1 aliphatic heterocycles. The third-order valence-electron chi connectivity index (χ3n) is 5.44. The Labute approximate surface area is 169 Å². The lowest BCUT2D eigenvalue weighted by atomic mass is 10.0. The summed E-state index contributed by atoms with van der Waals surface area (Å²) in [7, 11) is 2.61. The number of urea groups is 1. The molecule has 0 spiro atoms. The van der Waals surface area contributed by atoms with E-state index in [1.807, 2.05) is 30.3 Å². The van der Waals surface area contributed by atoms with Gasteiger partial charge in [-0.25, -0.2) is 9.59 Å². The van der Waals surface area contributed by atoms with Gasteiger partial charge in [-0.3, -0.25) is 9.69 Å². The van der Waals surface area contributed by atoms with Crippen molar-refractivity contribution in [1.82, 2.24) is 10.2 Å². The molecule has 1 fully saturated rings. The van der Waals surface area contributed by atoms with Crippen molar-refractivity contribution in [1.29, 1.82) is 0 Å². The van der Waals surface area contributed by atoms with Gasteiger partial charge >= 0.3 is 18.2 Å². The maximum Gasteiger partial charge on any atom is 0.523 e. The van der Waals surface area contributed by atoms with Crippen molar-refractivity contribution in [3.05, 3.63) is 35.9 Å². The summed E-state index contributed by atoms with van der Waals surface area (Å²) in [6.45, 7) is 1.60. The molecule has 0 aliphatic carbocycles. The van der Waals surface area contributed by atoms with Gasteiger partial charge in [-0.1, -0.05) is 30.3 Å². The SMILES string of the molecule is COC(=O)N[C@@H](Cc1ccccc1)C(=O)CN(C)C(=O)[N+]1(C(=O)O)CCC[C@H]1C. The lowest BCUT2D eigenvalue weighted by molar-refractivity contribution is -0.790. The quantitative estimate of drug-likeness (QED) is 0.701. The van der Waals surface area contributed by atoms with Gasteiger partial charge in [0.05, 0.1) is 26.2 Å². The molecule has 4 amide bonds. The molecule has 0 bridgehead atoms.